The molecule has 0 aliphatic carbocycles. The predicted molar refractivity (Wildman–Crippen MR) is 93.9 cm³/mol. The average molecular weight is 304 g/mol. The summed E-state index contributed by atoms with van der Waals surface area (Å²) in [5.41, 5.74) is 4.95. The van der Waals surface area contributed by atoms with E-state index in [-0.39, 0.29) is 0 Å². The fraction of sp³-hybridized carbons (Fsp3) is 0.300. The Hall–Kier alpha value is -2.26. The number of rotatable bonds is 1. The maximum absolute atomic E-state index is 6.15. The zero-order chi connectivity index (χ0) is 15.2. The molecule has 0 spiro atoms. The number of fused-ring (bicyclic) bond motifs is 4. The zero-order valence-electron chi connectivity index (χ0n) is 13.0. The van der Waals surface area contributed by atoms with Crippen LogP contribution in [0.25, 0.3) is 22.3 Å². The quantitative estimate of drug-likeness (QED) is 0.701. The number of anilines is 1. The summed E-state index contributed by atoms with van der Waals surface area (Å²) in [5, 5.41) is 8.43. The lowest BCUT2D eigenvalue weighted by atomic mass is 9.87. The summed E-state index contributed by atoms with van der Waals surface area (Å²) in [7, 11) is 0. The van der Waals surface area contributed by atoms with Gasteiger partial charge < -0.3 is 15.1 Å². The van der Waals surface area contributed by atoms with E-state index in [0.717, 1.165) is 24.4 Å². The van der Waals surface area contributed by atoms with E-state index in [2.05, 4.69) is 47.0 Å². The lowest BCUT2D eigenvalue weighted by Crippen LogP contribution is -2.21. The molecule has 3 heteroatoms. The van der Waals surface area contributed by atoms with Crippen molar-refractivity contribution in [2.75, 3.05) is 18.4 Å². The van der Waals surface area contributed by atoms with Gasteiger partial charge >= 0.3 is 0 Å². The van der Waals surface area contributed by atoms with Crippen molar-refractivity contribution in [2.45, 2.75) is 24.8 Å². The van der Waals surface area contributed by atoms with Crippen molar-refractivity contribution in [3.05, 3.63) is 54.1 Å². The molecule has 0 saturated carbocycles. The molecule has 2 aliphatic rings. The molecule has 2 N–H and O–H groups in total. The zero-order valence-corrected chi connectivity index (χ0v) is 13.0. The molecule has 0 amide bonds. The van der Waals surface area contributed by atoms with Gasteiger partial charge in [-0.15, -0.1) is 0 Å². The number of hydrogen-bond donors (Lipinski definition) is 2. The Labute approximate surface area is 135 Å². The molecular weight excluding hydrogens is 284 g/mol. The van der Waals surface area contributed by atoms with Gasteiger partial charge in [-0.3, -0.25) is 0 Å². The molecule has 5 rings (SSSR count). The van der Waals surface area contributed by atoms with Gasteiger partial charge in [0.1, 0.15) is 11.3 Å². The molecule has 1 fully saturated rings. The van der Waals surface area contributed by atoms with Gasteiger partial charge in [0.05, 0.1) is 0 Å². The minimum Gasteiger partial charge on any atom is -0.456 e. The molecule has 0 radical (unpaired) electrons. The van der Waals surface area contributed by atoms with Gasteiger partial charge in [0.2, 0.25) is 0 Å². The van der Waals surface area contributed by atoms with Crippen LogP contribution in [0.3, 0.4) is 0 Å². The van der Waals surface area contributed by atoms with Crippen molar-refractivity contribution >= 4 is 16.7 Å². The minimum atomic E-state index is 0.547. The Morgan fingerprint density at radius 3 is 2.83 bits per heavy atom. The monoisotopic (exact) mass is 304 g/mol. The van der Waals surface area contributed by atoms with Crippen molar-refractivity contribution in [3.8, 4) is 11.3 Å². The molecule has 2 atom stereocenters. The molecule has 3 aromatic rings. The predicted octanol–water partition coefficient (Wildman–Crippen LogP) is 4.36. The third kappa shape index (κ3) is 2.07. The fourth-order valence-electron chi connectivity index (χ4n) is 4.18. The minimum absolute atomic E-state index is 0.547. The van der Waals surface area contributed by atoms with Gasteiger partial charge in [0.15, 0.2) is 0 Å². The van der Waals surface area contributed by atoms with E-state index >= 15 is 0 Å². The smallest absolute Gasteiger partial charge is 0.135 e. The van der Waals surface area contributed by atoms with E-state index in [9.17, 15) is 0 Å². The Morgan fingerprint density at radius 2 is 1.87 bits per heavy atom. The van der Waals surface area contributed by atoms with Crippen molar-refractivity contribution in [2.24, 2.45) is 0 Å². The number of para-hydroxylation sites is 1. The van der Waals surface area contributed by atoms with Crippen LogP contribution < -0.4 is 10.6 Å². The summed E-state index contributed by atoms with van der Waals surface area (Å²) >= 11 is 0. The molecule has 2 aliphatic heterocycles. The molecule has 0 unspecified atom stereocenters. The van der Waals surface area contributed by atoms with Crippen LogP contribution in [0.2, 0.25) is 0 Å². The van der Waals surface area contributed by atoms with Gasteiger partial charge in [-0.05, 0) is 49.7 Å². The summed E-state index contributed by atoms with van der Waals surface area (Å²) in [4.78, 5) is 0. The van der Waals surface area contributed by atoms with Crippen LogP contribution >= 0.6 is 0 Å². The number of furan rings is 1. The van der Waals surface area contributed by atoms with Crippen LogP contribution in [0.1, 0.15) is 24.3 Å². The highest BCUT2D eigenvalue weighted by atomic mass is 16.3. The molecule has 0 bridgehead atoms. The van der Waals surface area contributed by atoms with E-state index in [1.54, 1.807) is 0 Å². The third-order valence-electron chi connectivity index (χ3n) is 5.26. The molecule has 3 heterocycles. The van der Waals surface area contributed by atoms with Gasteiger partial charge in [-0.1, -0.05) is 30.3 Å². The molecule has 116 valence electrons. The summed E-state index contributed by atoms with van der Waals surface area (Å²) in [6.45, 7) is 2.19. The number of nitrogens with one attached hydrogen (secondary N) is 2. The molecular formula is C20H20N2O. The van der Waals surface area contributed by atoms with E-state index in [4.69, 9.17) is 4.42 Å². The lowest BCUT2D eigenvalue weighted by molar-refractivity contribution is 0.576. The average Bonchev–Trinajstić information content (AvgIpc) is 3.09. The SMILES string of the molecule is c1cc2c(c(-c3cc4ccccc4o3)c1)[C@H]1CCNCC[C@@H]1N2. The number of hydrogen-bond acceptors (Lipinski definition) is 3. The normalized spacial score (nSPS) is 23.1. The topological polar surface area (TPSA) is 37.2 Å². The standard InChI is InChI=1S/C20H20N2O/c1-2-7-18-13(4-1)12-19(23-18)15-5-3-6-17-20(15)14-8-10-21-11-9-16(14)22-17/h1-7,12,14,16,21-22H,8-11H2/t14-,16-/m0/s1. The Morgan fingerprint density at radius 1 is 0.957 bits per heavy atom. The fourth-order valence-corrected chi connectivity index (χ4v) is 4.18. The first-order valence-electron chi connectivity index (χ1n) is 8.49. The van der Waals surface area contributed by atoms with Crippen LogP contribution in [-0.4, -0.2) is 19.1 Å². The molecule has 23 heavy (non-hydrogen) atoms. The second-order valence-corrected chi connectivity index (χ2v) is 6.60. The summed E-state index contributed by atoms with van der Waals surface area (Å²) in [6, 6.07) is 17.5. The van der Waals surface area contributed by atoms with Crippen LogP contribution in [0.15, 0.2) is 52.9 Å². The van der Waals surface area contributed by atoms with Crippen LogP contribution in [0.4, 0.5) is 5.69 Å². The lowest BCUT2D eigenvalue weighted by Gasteiger charge is -2.17. The second kappa shape index (κ2) is 5.14. The highest BCUT2D eigenvalue weighted by Gasteiger charge is 2.35. The second-order valence-electron chi connectivity index (χ2n) is 6.60. The highest BCUT2D eigenvalue weighted by Crippen LogP contribution is 2.46. The van der Waals surface area contributed by atoms with Crippen molar-refractivity contribution in [3.63, 3.8) is 0 Å². The first-order valence-corrected chi connectivity index (χ1v) is 8.49. The van der Waals surface area contributed by atoms with Gasteiger partial charge in [0.25, 0.3) is 0 Å². The highest BCUT2D eigenvalue weighted by molar-refractivity contribution is 5.85. The number of benzene rings is 2. The third-order valence-corrected chi connectivity index (χ3v) is 5.26. The maximum Gasteiger partial charge on any atom is 0.135 e. The van der Waals surface area contributed by atoms with Crippen LogP contribution in [0, 0.1) is 0 Å². The Balaban J connectivity index is 1.66. The molecule has 3 nitrogen and oxygen atoms in total. The van der Waals surface area contributed by atoms with E-state index in [1.807, 2.05) is 12.1 Å². The van der Waals surface area contributed by atoms with Crippen LogP contribution in [-0.2, 0) is 0 Å². The van der Waals surface area contributed by atoms with Crippen LogP contribution in [0.5, 0.6) is 0 Å². The van der Waals surface area contributed by atoms with E-state index in [1.165, 1.54) is 35.0 Å². The van der Waals surface area contributed by atoms with E-state index in [0.29, 0.717) is 12.0 Å². The molecule has 1 aromatic heterocycles. The van der Waals surface area contributed by atoms with Gasteiger partial charge in [-0.2, -0.15) is 0 Å². The van der Waals surface area contributed by atoms with Crippen molar-refractivity contribution in [1.82, 2.24) is 5.32 Å². The van der Waals surface area contributed by atoms with Crippen molar-refractivity contribution in [1.29, 1.82) is 0 Å². The van der Waals surface area contributed by atoms with E-state index < -0.39 is 0 Å². The Kier molecular flexibility index (Phi) is 2.95. The van der Waals surface area contributed by atoms with Crippen molar-refractivity contribution < 1.29 is 4.42 Å². The summed E-state index contributed by atoms with van der Waals surface area (Å²) in [6.07, 6.45) is 2.36. The Bertz CT molecular complexity index is 834. The van der Waals surface area contributed by atoms with Gasteiger partial charge in [0, 0.05) is 28.6 Å². The molecule has 2 aromatic carbocycles. The first kappa shape index (κ1) is 13.2. The van der Waals surface area contributed by atoms with Gasteiger partial charge in [-0.25, -0.2) is 0 Å². The first-order chi connectivity index (χ1) is 11.4. The molecule has 1 saturated heterocycles. The maximum atomic E-state index is 6.15. The largest absolute Gasteiger partial charge is 0.456 e. The summed E-state index contributed by atoms with van der Waals surface area (Å²) in [5.74, 6) is 1.56. The summed E-state index contributed by atoms with van der Waals surface area (Å²) < 4.78 is 6.15.